The van der Waals surface area contributed by atoms with E-state index < -0.39 is 10.1 Å². The lowest BCUT2D eigenvalue weighted by Crippen LogP contribution is -2.47. The average Bonchev–Trinajstić information content (AvgIpc) is 2.78. The Bertz CT molecular complexity index is 1120. The molecule has 2 aromatic rings. The first kappa shape index (κ1) is 21.6. The van der Waals surface area contributed by atoms with Crippen molar-refractivity contribution in [2.45, 2.75) is 24.3 Å². The van der Waals surface area contributed by atoms with E-state index in [1.165, 1.54) is 23.4 Å². The van der Waals surface area contributed by atoms with Gasteiger partial charge in [0.25, 0.3) is 10.1 Å². The Hall–Kier alpha value is -2.63. The third-order valence-electron chi connectivity index (χ3n) is 5.93. The molecule has 0 aromatic heterocycles. The van der Waals surface area contributed by atoms with Crippen LogP contribution in [0, 0.1) is 11.8 Å². The van der Waals surface area contributed by atoms with Crippen molar-refractivity contribution in [1.29, 1.82) is 0 Å². The van der Waals surface area contributed by atoms with Gasteiger partial charge >= 0.3 is 0 Å². The van der Waals surface area contributed by atoms with E-state index in [1.807, 2.05) is 30.3 Å². The van der Waals surface area contributed by atoms with Crippen LogP contribution in [-0.2, 0) is 10.1 Å². The fourth-order valence-electron chi connectivity index (χ4n) is 4.06. The van der Waals surface area contributed by atoms with E-state index >= 15 is 0 Å². The van der Waals surface area contributed by atoms with Crippen LogP contribution in [0.15, 0.2) is 70.8 Å². The molecule has 31 heavy (non-hydrogen) atoms. The second kappa shape index (κ2) is 9.25. The van der Waals surface area contributed by atoms with Gasteiger partial charge in [-0.05, 0) is 48.7 Å². The molecule has 4 rings (SSSR count). The van der Waals surface area contributed by atoms with Crippen molar-refractivity contribution in [3.63, 3.8) is 0 Å². The highest BCUT2D eigenvalue weighted by Gasteiger charge is 2.27. The van der Waals surface area contributed by atoms with Gasteiger partial charge in [-0.3, -0.25) is 14.4 Å². The number of benzene rings is 2. The lowest BCUT2D eigenvalue weighted by atomic mass is 10.0. The zero-order valence-electron chi connectivity index (χ0n) is 17.6. The van der Waals surface area contributed by atoms with E-state index in [2.05, 4.69) is 33.9 Å². The van der Waals surface area contributed by atoms with Crippen LogP contribution in [-0.4, -0.2) is 55.6 Å². The first-order valence-corrected chi connectivity index (χ1v) is 11.9. The molecular weight excluding hydrogens is 410 g/mol. The van der Waals surface area contributed by atoms with Gasteiger partial charge in [-0.1, -0.05) is 42.2 Å². The van der Waals surface area contributed by atoms with Gasteiger partial charge in [0.1, 0.15) is 0 Å². The van der Waals surface area contributed by atoms with Crippen LogP contribution < -0.4 is 5.32 Å². The van der Waals surface area contributed by atoms with E-state index in [0.717, 1.165) is 50.4 Å². The van der Waals surface area contributed by atoms with Crippen LogP contribution in [0.25, 0.3) is 0 Å². The molecular formula is C24H27N3O3S. The summed E-state index contributed by atoms with van der Waals surface area (Å²) in [5, 5.41) is 3.57. The Kier molecular flexibility index (Phi) is 6.44. The molecule has 0 radical (unpaired) electrons. The van der Waals surface area contributed by atoms with Crippen molar-refractivity contribution in [3.8, 4) is 11.8 Å². The van der Waals surface area contributed by atoms with Crippen LogP contribution in [0.1, 0.15) is 30.5 Å². The lowest BCUT2D eigenvalue weighted by molar-refractivity contribution is 0.182. The summed E-state index contributed by atoms with van der Waals surface area (Å²) in [4.78, 5) is 4.64. The maximum Gasteiger partial charge on any atom is 0.294 e. The minimum absolute atomic E-state index is 0.0789. The predicted molar refractivity (Wildman–Crippen MR) is 121 cm³/mol. The molecule has 2 N–H and O–H groups in total. The van der Waals surface area contributed by atoms with Crippen LogP contribution >= 0.6 is 0 Å². The number of hydrogen-bond acceptors (Lipinski definition) is 5. The number of nitrogens with zero attached hydrogens (tertiary/aromatic N) is 2. The van der Waals surface area contributed by atoms with Crippen LogP contribution in [0.5, 0.6) is 0 Å². The molecule has 0 fully saturated rings. The second-order valence-electron chi connectivity index (χ2n) is 8.01. The summed E-state index contributed by atoms with van der Waals surface area (Å²) in [6.07, 6.45) is 1.01. The van der Waals surface area contributed by atoms with Gasteiger partial charge in [-0.2, -0.15) is 8.42 Å². The summed E-state index contributed by atoms with van der Waals surface area (Å²) >= 11 is 0. The van der Waals surface area contributed by atoms with E-state index in [0.29, 0.717) is 0 Å². The molecule has 0 saturated heterocycles. The fourth-order valence-corrected chi connectivity index (χ4v) is 4.54. The highest BCUT2D eigenvalue weighted by Crippen LogP contribution is 2.27. The quantitative estimate of drug-likeness (QED) is 0.566. The third-order valence-corrected chi connectivity index (χ3v) is 6.79. The molecule has 1 unspecified atom stereocenters. The number of nitrogens with one attached hydrogen (secondary N) is 1. The molecule has 1 atom stereocenters. The first-order chi connectivity index (χ1) is 14.9. The SMILES string of the molecule is CC(c1ccc(S(=O)(=O)O)cc1)N1CNC2=C(CN(CC#Cc3ccccc3)CC2)C1. The Morgan fingerprint density at radius 3 is 2.55 bits per heavy atom. The van der Waals surface area contributed by atoms with E-state index in [-0.39, 0.29) is 10.9 Å². The normalized spacial score (nSPS) is 18.5. The van der Waals surface area contributed by atoms with Crippen molar-refractivity contribution < 1.29 is 13.0 Å². The van der Waals surface area contributed by atoms with Gasteiger partial charge < -0.3 is 5.32 Å². The molecule has 2 aliphatic heterocycles. The van der Waals surface area contributed by atoms with Crippen molar-refractivity contribution >= 4 is 10.1 Å². The molecule has 162 valence electrons. The second-order valence-corrected chi connectivity index (χ2v) is 9.43. The average molecular weight is 438 g/mol. The summed E-state index contributed by atoms with van der Waals surface area (Å²) in [6, 6.07) is 16.6. The lowest BCUT2D eigenvalue weighted by Gasteiger charge is -2.40. The first-order valence-electron chi connectivity index (χ1n) is 10.4. The highest BCUT2D eigenvalue weighted by atomic mass is 32.2. The Morgan fingerprint density at radius 1 is 1.10 bits per heavy atom. The minimum atomic E-state index is -4.17. The van der Waals surface area contributed by atoms with Crippen LogP contribution in [0.2, 0.25) is 0 Å². The van der Waals surface area contributed by atoms with Crippen LogP contribution in [0.3, 0.4) is 0 Å². The van der Waals surface area contributed by atoms with Crippen molar-refractivity contribution in [1.82, 2.24) is 15.1 Å². The van der Waals surface area contributed by atoms with Gasteiger partial charge in [0.2, 0.25) is 0 Å². The molecule has 7 heteroatoms. The Morgan fingerprint density at radius 2 is 1.84 bits per heavy atom. The van der Waals surface area contributed by atoms with Crippen molar-refractivity contribution in [2.75, 3.05) is 32.8 Å². The Labute approximate surface area is 184 Å². The number of hydrogen-bond donors (Lipinski definition) is 2. The minimum Gasteiger partial charge on any atom is -0.375 e. The zero-order valence-corrected chi connectivity index (χ0v) is 18.4. The fraction of sp³-hybridized carbons (Fsp3) is 0.333. The maximum atomic E-state index is 11.3. The molecule has 0 aliphatic carbocycles. The monoisotopic (exact) mass is 437 g/mol. The Balaban J connectivity index is 1.38. The van der Waals surface area contributed by atoms with E-state index in [4.69, 9.17) is 0 Å². The molecule has 0 saturated carbocycles. The molecule has 2 heterocycles. The summed E-state index contributed by atoms with van der Waals surface area (Å²) in [5.74, 6) is 6.53. The van der Waals surface area contributed by atoms with Crippen molar-refractivity contribution in [2.24, 2.45) is 0 Å². The van der Waals surface area contributed by atoms with Gasteiger partial charge in [0.15, 0.2) is 0 Å². The van der Waals surface area contributed by atoms with E-state index in [9.17, 15) is 13.0 Å². The van der Waals surface area contributed by atoms with E-state index in [1.54, 1.807) is 12.1 Å². The van der Waals surface area contributed by atoms with Crippen molar-refractivity contribution in [3.05, 3.63) is 77.0 Å². The zero-order chi connectivity index (χ0) is 21.8. The molecule has 0 amide bonds. The predicted octanol–water partition coefficient (Wildman–Crippen LogP) is 2.87. The third kappa shape index (κ3) is 5.35. The largest absolute Gasteiger partial charge is 0.375 e. The summed E-state index contributed by atoms with van der Waals surface area (Å²) in [6.45, 7) is 6.39. The summed E-state index contributed by atoms with van der Waals surface area (Å²) < 4.78 is 31.7. The molecule has 6 nitrogen and oxygen atoms in total. The van der Waals surface area contributed by atoms with Crippen LogP contribution in [0.4, 0.5) is 0 Å². The summed E-state index contributed by atoms with van der Waals surface area (Å²) in [5.41, 5.74) is 4.79. The smallest absolute Gasteiger partial charge is 0.294 e. The molecule has 2 aromatic carbocycles. The number of rotatable bonds is 4. The molecule has 0 bridgehead atoms. The van der Waals surface area contributed by atoms with Gasteiger partial charge in [0, 0.05) is 36.9 Å². The van der Waals surface area contributed by atoms with Gasteiger partial charge in [-0.25, -0.2) is 0 Å². The van der Waals surface area contributed by atoms with Gasteiger partial charge in [-0.15, -0.1) is 0 Å². The van der Waals surface area contributed by atoms with Gasteiger partial charge in [0.05, 0.1) is 18.1 Å². The molecule has 0 spiro atoms. The molecule has 2 aliphatic rings. The highest BCUT2D eigenvalue weighted by molar-refractivity contribution is 7.85. The summed E-state index contributed by atoms with van der Waals surface area (Å²) in [7, 11) is -4.17. The standard InChI is InChI=1S/C24H27N3O3S/c1-19(21-9-11-23(12-10-21)31(28,29)30)27-17-22-16-26(15-13-24(22)25-18-27)14-5-8-20-6-3-2-4-7-20/h2-4,6-7,9-12,19,25H,13-18H2,1H3,(H,28,29,30). The maximum absolute atomic E-state index is 11.3. The topological polar surface area (TPSA) is 72.9 Å².